The first-order valence-electron chi connectivity index (χ1n) is 10.2. The van der Waals surface area contributed by atoms with Gasteiger partial charge in [-0.05, 0) is 54.9 Å². The van der Waals surface area contributed by atoms with Crippen LogP contribution in [-0.2, 0) is 11.4 Å². The number of amides is 1. The van der Waals surface area contributed by atoms with Crippen LogP contribution in [-0.4, -0.2) is 47.8 Å². The third-order valence-corrected chi connectivity index (χ3v) is 6.09. The van der Waals surface area contributed by atoms with Crippen molar-refractivity contribution in [3.8, 4) is 5.69 Å². The molecule has 1 N–H and O–H groups in total. The Morgan fingerprint density at radius 1 is 1.12 bits per heavy atom. The quantitative estimate of drug-likeness (QED) is 0.380. The van der Waals surface area contributed by atoms with E-state index in [9.17, 15) is 9.59 Å². The van der Waals surface area contributed by atoms with E-state index in [0.29, 0.717) is 12.4 Å². The number of carbonyl (C=O) groups is 2. The number of hydrogen-bond acceptors (Lipinski definition) is 6. The summed E-state index contributed by atoms with van der Waals surface area (Å²) in [4.78, 5) is 25.4. The molecule has 0 saturated heterocycles. The Bertz CT molecular complexity index is 1310. The number of nitrogens with one attached hydrogen (secondary N) is 1. The van der Waals surface area contributed by atoms with Gasteiger partial charge >= 0.3 is 5.97 Å². The molecule has 1 amide bonds. The van der Waals surface area contributed by atoms with Crippen LogP contribution in [0.15, 0.2) is 53.3 Å². The highest BCUT2D eigenvalue weighted by Gasteiger charge is 2.23. The SMILES string of the molecule is CCOC(=O)c1cnn(-c2ccccc2)c1NC(=O)c1ccn(Cn2nc(C)c(Br)c2C)n1. The minimum Gasteiger partial charge on any atom is -0.462 e. The number of nitrogens with zero attached hydrogens (tertiary/aromatic N) is 6. The average Bonchev–Trinajstić information content (AvgIpc) is 3.50. The van der Waals surface area contributed by atoms with E-state index >= 15 is 0 Å². The first-order valence-corrected chi connectivity index (χ1v) is 11.0. The molecule has 0 fully saturated rings. The van der Waals surface area contributed by atoms with E-state index in [2.05, 4.69) is 36.5 Å². The number of aromatic nitrogens is 6. The molecule has 3 heterocycles. The summed E-state index contributed by atoms with van der Waals surface area (Å²) in [6, 6.07) is 10.8. The zero-order chi connectivity index (χ0) is 23.5. The molecular formula is C22H22BrN7O3. The van der Waals surface area contributed by atoms with E-state index in [1.807, 2.05) is 44.2 Å². The number of para-hydroxylation sites is 1. The maximum Gasteiger partial charge on any atom is 0.343 e. The van der Waals surface area contributed by atoms with Gasteiger partial charge < -0.3 is 10.1 Å². The summed E-state index contributed by atoms with van der Waals surface area (Å²) in [7, 11) is 0. The first-order chi connectivity index (χ1) is 15.9. The smallest absolute Gasteiger partial charge is 0.343 e. The summed E-state index contributed by atoms with van der Waals surface area (Å²) >= 11 is 3.51. The molecule has 0 radical (unpaired) electrons. The van der Waals surface area contributed by atoms with Crippen LogP contribution in [0.5, 0.6) is 0 Å². The summed E-state index contributed by atoms with van der Waals surface area (Å²) in [6.45, 7) is 6.12. The monoisotopic (exact) mass is 511 g/mol. The lowest BCUT2D eigenvalue weighted by atomic mass is 10.3. The molecule has 10 nitrogen and oxygen atoms in total. The van der Waals surface area contributed by atoms with Crippen LogP contribution >= 0.6 is 15.9 Å². The fourth-order valence-electron chi connectivity index (χ4n) is 3.28. The third-order valence-electron chi connectivity index (χ3n) is 4.94. The molecule has 4 rings (SSSR count). The lowest BCUT2D eigenvalue weighted by molar-refractivity contribution is 0.0527. The minimum atomic E-state index is -0.574. The van der Waals surface area contributed by atoms with Crippen molar-refractivity contribution >= 4 is 33.6 Å². The summed E-state index contributed by atoms with van der Waals surface area (Å²) in [5.74, 6) is -0.844. The number of ether oxygens (including phenoxy) is 1. The molecule has 0 atom stereocenters. The number of rotatable bonds is 7. The number of carbonyl (C=O) groups excluding carboxylic acids is 2. The predicted molar refractivity (Wildman–Crippen MR) is 124 cm³/mol. The van der Waals surface area contributed by atoms with Gasteiger partial charge in [0.1, 0.15) is 12.2 Å². The Morgan fingerprint density at radius 2 is 1.88 bits per heavy atom. The van der Waals surface area contributed by atoms with Crippen LogP contribution in [0.25, 0.3) is 5.69 Å². The zero-order valence-electron chi connectivity index (χ0n) is 18.3. The molecule has 33 heavy (non-hydrogen) atoms. The fraction of sp³-hybridized carbons (Fsp3) is 0.227. The topological polar surface area (TPSA) is 109 Å². The van der Waals surface area contributed by atoms with Gasteiger partial charge in [-0.2, -0.15) is 15.3 Å². The van der Waals surface area contributed by atoms with E-state index in [-0.39, 0.29) is 23.7 Å². The normalized spacial score (nSPS) is 10.9. The van der Waals surface area contributed by atoms with Gasteiger partial charge in [0.2, 0.25) is 0 Å². The molecule has 0 aliphatic rings. The number of halogens is 1. The lowest BCUT2D eigenvalue weighted by Crippen LogP contribution is -2.19. The van der Waals surface area contributed by atoms with Gasteiger partial charge in [-0.1, -0.05) is 18.2 Å². The van der Waals surface area contributed by atoms with Crippen molar-refractivity contribution in [2.75, 3.05) is 11.9 Å². The maximum absolute atomic E-state index is 13.0. The van der Waals surface area contributed by atoms with Gasteiger partial charge in [0.25, 0.3) is 5.91 Å². The summed E-state index contributed by atoms with van der Waals surface area (Å²) in [6.07, 6.45) is 3.07. The Kier molecular flexibility index (Phi) is 6.40. The number of esters is 1. The predicted octanol–water partition coefficient (Wildman–Crippen LogP) is 3.58. The molecule has 170 valence electrons. The standard InChI is InChI=1S/C22H22BrN7O3/c1-4-33-22(32)17-12-24-30(16-8-6-5-7-9-16)20(17)25-21(31)18-10-11-28(27-18)13-29-15(3)19(23)14(2)26-29/h5-12H,4,13H2,1-3H3,(H,25,31). The lowest BCUT2D eigenvalue weighted by Gasteiger charge is -2.10. The molecule has 0 aliphatic carbocycles. The molecule has 0 aliphatic heterocycles. The van der Waals surface area contributed by atoms with Crippen LogP contribution in [0, 0.1) is 13.8 Å². The number of benzene rings is 1. The molecule has 0 unspecified atom stereocenters. The van der Waals surface area contributed by atoms with E-state index in [1.165, 1.54) is 10.9 Å². The summed E-state index contributed by atoms with van der Waals surface area (Å²) < 4.78 is 10.9. The third kappa shape index (κ3) is 4.58. The highest BCUT2D eigenvalue weighted by Crippen LogP contribution is 2.22. The second-order valence-electron chi connectivity index (χ2n) is 7.20. The Labute approximate surface area is 198 Å². The van der Waals surface area contributed by atoms with Crippen LogP contribution < -0.4 is 5.32 Å². The van der Waals surface area contributed by atoms with E-state index in [0.717, 1.165) is 15.9 Å². The van der Waals surface area contributed by atoms with Crippen molar-refractivity contribution in [3.05, 3.63) is 75.9 Å². The first kappa shape index (κ1) is 22.5. The number of aryl methyl sites for hydroxylation is 1. The van der Waals surface area contributed by atoms with Crippen molar-refractivity contribution in [2.24, 2.45) is 0 Å². The molecule has 0 saturated carbocycles. The van der Waals surface area contributed by atoms with Crippen LogP contribution in [0.4, 0.5) is 5.82 Å². The molecule has 1 aromatic carbocycles. The van der Waals surface area contributed by atoms with Crippen LogP contribution in [0.2, 0.25) is 0 Å². The fourth-order valence-corrected chi connectivity index (χ4v) is 3.56. The van der Waals surface area contributed by atoms with Crippen molar-refractivity contribution in [3.63, 3.8) is 0 Å². The Balaban J connectivity index is 1.60. The van der Waals surface area contributed by atoms with Crippen molar-refractivity contribution in [1.29, 1.82) is 0 Å². The van der Waals surface area contributed by atoms with Crippen molar-refractivity contribution in [2.45, 2.75) is 27.4 Å². The van der Waals surface area contributed by atoms with Crippen LogP contribution in [0.3, 0.4) is 0 Å². The zero-order valence-corrected chi connectivity index (χ0v) is 19.9. The minimum absolute atomic E-state index is 0.154. The highest BCUT2D eigenvalue weighted by atomic mass is 79.9. The van der Waals surface area contributed by atoms with Gasteiger partial charge in [0.15, 0.2) is 11.5 Å². The largest absolute Gasteiger partial charge is 0.462 e. The molecule has 3 aromatic heterocycles. The number of anilines is 1. The average molecular weight is 512 g/mol. The molecule has 0 spiro atoms. The highest BCUT2D eigenvalue weighted by molar-refractivity contribution is 9.10. The molecule has 11 heteroatoms. The Morgan fingerprint density at radius 3 is 2.55 bits per heavy atom. The summed E-state index contributed by atoms with van der Waals surface area (Å²) in [5.41, 5.74) is 2.86. The van der Waals surface area contributed by atoms with Crippen molar-refractivity contribution in [1.82, 2.24) is 29.3 Å². The van der Waals surface area contributed by atoms with E-state index in [1.54, 1.807) is 28.6 Å². The Hall–Kier alpha value is -3.73. The second kappa shape index (κ2) is 9.41. The second-order valence-corrected chi connectivity index (χ2v) is 7.99. The molecular weight excluding hydrogens is 490 g/mol. The van der Waals surface area contributed by atoms with E-state index < -0.39 is 11.9 Å². The molecule has 4 aromatic rings. The van der Waals surface area contributed by atoms with Gasteiger partial charge in [-0.3, -0.25) is 9.48 Å². The summed E-state index contributed by atoms with van der Waals surface area (Å²) in [5, 5.41) is 15.9. The van der Waals surface area contributed by atoms with Gasteiger partial charge in [-0.25, -0.2) is 14.2 Å². The van der Waals surface area contributed by atoms with Gasteiger partial charge in [0, 0.05) is 6.20 Å². The van der Waals surface area contributed by atoms with E-state index in [4.69, 9.17) is 4.74 Å². The van der Waals surface area contributed by atoms with Gasteiger partial charge in [-0.15, -0.1) is 0 Å². The maximum atomic E-state index is 13.0. The molecule has 0 bridgehead atoms. The van der Waals surface area contributed by atoms with Crippen LogP contribution in [0.1, 0.15) is 39.2 Å². The number of hydrogen-bond donors (Lipinski definition) is 1. The van der Waals surface area contributed by atoms with Gasteiger partial charge in [0.05, 0.1) is 34.4 Å². The van der Waals surface area contributed by atoms with Crippen molar-refractivity contribution < 1.29 is 14.3 Å².